The normalized spacial score (nSPS) is 23.5. The maximum absolute atomic E-state index is 13.2. The van der Waals surface area contributed by atoms with E-state index in [1.165, 1.54) is 18.2 Å². The highest BCUT2D eigenvalue weighted by atomic mass is 32.2. The molecule has 2 fully saturated rings. The van der Waals surface area contributed by atoms with E-state index in [4.69, 9.17) is 4.98 Å². The van der Waals surface area contributed by atoms with Gasteiger partial charge in [0, 0.05) is 23.7 Å². The Kier molecular flexibility index (Phi) is 5.73. The number of thioether (sulfide) groups is 1. The van der Waals surface area contributed by atoms with Gasteiger partial charge >= 0.3 is 0 Å². The summed E-state index contributed by atoms with van der Waals surface area (Å²) in [6, 6.07) is 20.4. The third kappa shape index (κ3) is 4.67. The van der Waals surface area contributed by atoms with Gasteiger partial charge in [0.25, 0.3) is 0 Å². The summed E-state index contributed by atoms with van der Waals surface area (Å²) < 4.78 is 0. The van der Waals surface area contributed by atoms with Crippen LogP contribution in [0.4, 0.5) is 0 Å². The number of fused-ring (bicyclic) bond motifs is 2. The first-order chi connectivity index (χ1) is 15.8. The first-order valence-electron chi connectivity index (χ1n) is 11.6. The molecule has 2 heterocycles. The Hall–Kier alpha value is -2.73. The van der Waals surface area contributed by atoms with E-state index in [0.29, 0.717) is 22.4 Å². The average molecular weight is 459 g/mol. The zero-order valence-electron chi connectivity index (χ0n) is 19.5. The van der Waals surface area contributed by atoms with Gasteiger partial charge in [0.05, 0.1) is 5.75 Å². The van der Waals surface area contributed by atoms with Gasteiger partial charge in [0.15, 0.2) is 0 Å². The van der Waals surface area contributed by atoms with E-state index in [-0.39, 0.29) is 11.3 Å². The Morgan fingerprint density at radius 3 is 2.24 bits per heavy atom. The van der Waals surface area contributed by atoms with Crippen molar-refractivity contribution in [3.8, 4) is 22.5 Å². The fraction of sp³-hybridized carbons (Fsp3) is 0.407. The molecule has 1 amide bonds. The van der Waals surface area contributed by atoms with Crippen LogP contribution in [0.3, 0.4) is 0 Å². The van der Waals surface area contributed by atoms with Crippen LogP contribution in [0.5, 0.6) is 0 Å². The Bertz CT molecular complexity index is 1150. The third-order valence-corrected chi connectivity index (χ3v) is 7.64. The molecular formula is C27H30N4OS. The number of nitrogens with zero attached hydrogens (tertiary/aromatic N) is 4. The molecule has 1 saturated heterocycles. The van der Waals surface area contributed by atoms with Gasteiger partial charge in [-0.2, -0.15) is 0 Å². The quantitative estimate of drug-likeness (QED) is 0.457. The van der Waals surface area contributed by atoms with Gasteiger partial charge in [-0.25, -0.2) is 4.98 Å². The lowest BCUT2D eigenvalue weighted by Crippen LogP contribution is -2.38. The molecule has 1 saturated carbocycles. The van der Waals surface area contributed by atoms with Crippen molar-refractivity contribution in [2.45, 2.75) is 51.2 Å². The van der Waals surface area contributed by atoms with E-state index >= 15 is 0 Å². The summed E-state index contributed by atoms with van der Waals surface area (Å²) in [6.07, 6.45) is 3.39. The Morgan fingerprint density at radius 2 is 1.58 bits per heavy atom. The second-order valence-electron chi connectivity index (χ2n) is 10.5. The molecule has 1 aliphatic heterocycles. The van der Waals surface area contributed by atoms with Crippen molar-refractivity contribution in [2.75, 3.05) is 12.3 Å². The second kappa shape index (κ2) is 8.56. The number of aromatic nitrogens is 3. The second-order valence-corrected chi connectivity index (χ2v) is 11.5. The predicted octanol–water partition coefficient (Wildman–Crippen LogP) is 5.72. The first-order valence-corrected chi connectivity index (χ1v) is 12.6. The number of carbonyl (C=O) groups excluding carboxylic acids is 1. The molecule has 2 unspecified atom stereocenters. The van der Waals surface area contributed by atoms with Gasteiger partial charge < -0.3 is 4.90 Å². The topological polar surface area (TPSA) is 59.0 Å². The van der Waals surface area contributed by atoms with Crippen LogP contribution >= 0.6 is 11.8 Å². The number of likely N-dealkylation sites (tertiary alicyclic amines) is 1. The minimum Gasteiger partial charge on any atom is -0.338 e. The summed E-state index contributed by atoms with van der Waals surface area (Å²) in [5.74, 6) is 0.525. The van der Waals surface area contributed by atoms with Crippen LogP contribution in [0.1, 0.15) is 40.0 Å². The molecule has 0 spiro atoms. The van der Waals surface area contributed by atoms with E-state index < -0.39 is 0 Å². The average Bonchev–Trinajstić information content (AvgIpc) is 3.07. The van der Waals surface area contributed by atoms with E-state index in [0.717, 1.165) is 41.9 Å². The highest BCUT2D eigenvalue weighted by Gasteiger charge is 2.50. The van der Waals surface area contributed by atoms with Gasteiger partial charge in [-0.3, -0.25) is 4.79 Å². The molecule has 170 valence electrons. The van der Waals surface area contributed by atoms with Crippen LogP contribution < -0.4 is 0 Å². The molecule has 5 nitrogen and oxygen atoms in total. The lowest BCUT2D eigenvalue weighted by Gasteiger charge is -2.39. The van der Waals surface area contributed by atoms with Crippen molar-refractivity contribution in [3.63, 3.8) is 0 Å². The summed E-state index contributed by atoms with van der Waals surface area (Å²) >= 11 is 1.39. The number of benzene rings is 2. The molecule has 3 aromatic rings. The zero-order chi connectivity index (χ0) is 23.1. The molecule has 2 bridgehead atoms. The number of amides is 1. The predicted molar refractivity (Wildman–Crippen MR) is 133 cm³/mol. The van der Waals surface area contributed by atoms with E-state index in [1.807, 2.05) is 60.7 Å². The standard InChI is InChI=1S/C27H30N4OS/c1-26(2)14-21-15-27(3,17-26)18-31(21)22(32)16-33-25-28-23(19-10-6-4-7-11-19)24(29-30-25)20-12-8-5-9-13-20/h4-13,21H,14-18H2,1-3H3. The molecule has 2 atom stereocenters. The highest BCUT2D eigenvalue weighted by Crippen LogP contribution is 2.52. The van der Waals surface area contributed by atoms with Crippen molar-refractivity contribution >= 4 is 17.7 Å². The molecule has 6 heteroatoms. The molecule has 0 N–H and O–H groups in total. The number of rotatable bonds is 5. The summed E-state index contributed by atoms with van der Waals surface area (Å²) in [4.78, 5) is 20.1. The van der Waals surface area contributed by atoms with Gasteiger partial charge in [-0.05, 0) is 30.1 Å². The smallest absolute Gasteiger partial charge is 0.233 e. The number of hydrogen-bond acceptors (Lipinski definition) is 5. The lowest BCUT2D eigenvalue weighted by molar-refractivity contribution is -0.129. The molecule has 0 radical (unpaired) electrons. The van der Waals surface area contributed by atoms with Crippen molar-refractivity contribution in [1.29, 1.82) is 0 Å². The van der Waals surface area contributed by atoms with E-state index in [2.05, 4.69) is 35.9 Å². The number of carbonyl (C=O) groups is 1. The van der Waals surface area contributed by atoms with Gasteiger partial charge in [0.2, 0.25) is 11.1 Å². The fourth-order valence-corrected chi connectivity index (χ4v) is 6.59. The number of hydrogen-bond donors (Lipinski definition) is 0. The molecule has 2 aliphatic rings. The molecule has 1 aromatic heterocycles. The largest absolute Gasteiger partial charge is 0.338 e. The molecular weight excluding hydrogens is 428 g/mol. The van der Waals surface area contributed by atoms with Crippen molar-refractivity contribution < 1.29 is 4.79 Å². The summed E-state index contributed by atoms with van der Waals surface area (Å²) in [5.41, 5.74) is 4.04. The highest BCUT2D eigenvalue weighted by molar-refractivity contribution is 7.99. The molecule has 1 aliphatic carbocycles. The Morgan fingerprint density at radius 1 is 0.939 bits per heavy atom. The van der Waals surface area contributed by atoms with Crippen LogP contribution in [-0.4, -0.2) is 44.3 Å². The van der Waals surface area contributed by atoms with E-state index in [9.17, 15) is 4.79 Å². The first kappa shape index (κ1) is 22.1. The van der Waals surface area contributed by atoms with Crippen molar-refractivity contribution in [3.05, 3.63) is 60.7 Å². The van der Waals surface area contributed by atoms with Crippen LogP contribution in [0.2, 0.25) is 0 Å². The van der Waals surface area contributed by atoms with Crippen LogP contribution in [0.15, 0.2) is 65.8 Å². The van der Waals surface area contributed by atoms with Crippen molar-refractivity contribution in [2.24, 2.45) is 10.8 Å². The molecule has 5 rings (SSSR count). The minimum absolute atomic E-state index is 0.184. The van der Waals surface area contributed by atoms with Gasteiger partial charge in [-0.15, -0.1) is 10.2 Å². The summed E-state index contributed by atoms with van der Waals surface area (Å²) in [7, 11) is 0. The molecule has 2 aromatic carbocycles. The fourth-order valence-electron chi connectivity index (χ4n) is 5.92. The van der Waals surface area contributed by atoms with E-state index in [1.54, 1.807) is 0 Å². The monoisotopic (exact) mass is 458 g/mol. The van der Waals surface area contributed by atoms with Gasteiger partial charge in [0.1, 0.15) is 11.4 Å². The Balaban J connectivity index is 1.36. The van der Waals surface area contributed by atoms with Crippen LogP contribution in [0.25, 0.3) is 22.5 Å². The van der Waals surface area contributed by atoms with Gasteiger partial charge in [-0.1, -0.05) is 93.2 Å². The summed E-state index contributed by atoms with van der Waals surface area (Å²) in [5, 5.41) is 9.44. The lowest BCUT2D eigenvalue weighted by atomic mass is 9.65. The maximum atomic E-state index is 13.2. The zero-order valence-corrected chi connectivity index (χ0v) is 20.3. The van der Waals surface area contributed by atoms with Crippen LogP contribution in [0, 0.1) is 10.8 Å². The molecule has 33 heavy (non-hydrogen) atoms. The third-order valence-electron chi connectivity index (χ3n) is 6.82. The summed E-state index contributed by atoms with van der Waals surface area (Å²) in [6.45, 7) is 7.86. The Labute approximate surface area is 200 Å². The van der Waals surface area contributed by atoms with Crippen LogP contribution in [-0.2, 0) is 4.79 Å². The van der Waals surface area contributed by atoms with Crippen molar-refractivity contribution in [1.82, 2.24) is 20.1 Å². The minimum atomic E-state index is 0.184. The maximum Gasteiger partial charge on any atom is 0.233 e. The SMILES string of the molecule is CC1(C)CC2CC(C)(CN2C(=O)CSc2nnc(-c3ccccc3)c(-c3ccccc3)n2)C1.